The van der Waals surface area contributed by atoms with Crippen molar-refractivity contribution in [3.05, 3.63) is 56.7 Å². The molecule has 1 atom stereocenters. The Labute approximate surface area is 143 Å². The molecule has 0 saturated heterocycles. The molecule has 0 spiro atoms. The summed E-state index contributed by atoms with van der Waals surface area (Å²) in [5, 5.41) is 5.03. The van der Waals surface area contributed by atoms with E-state index in [1.165, 1.54) is 4.57 Å². The van der Waals surface area contributed by atoms with E-state index in [1.54, 1.807) is 17.4 Å². The number of nitrogens with one attached hydrogen (secondary N) is 1. The fourth-order valence-electron chi connectivity index (χ4n) is 2.72. The number of rotatable bonds is 5. The number of thiophene rings is 1. The van der Waals surface area contributed by atoms with Gasteiger partial charge in [0.15, 0.2) is 5.58 Å². The normalized spacial score (nSPS) is 12.7. The predicted octanol–water partition coefficient (Wildman–Crippen LogP) is 3.48. The largest absolute Gasteiger partial charge is 0.420 e. The van der Waals surface area contributed by atoms with Crippen molar-refractivity contribution in [3.8, 4) is 0 Å². The first-order chi connectivity index (χ1) is 11.5. The van der Waals surface area contributed by atoms with Gasteiger partial charge in [-0.15, -0.1) is 11.3 Å². The highest BCUT2D eigenvalue weighted by Gasteiger charge is 2.20. The Hall–Kier alpha value is -2.34. The SMILES string of the molecule is Cc1ccc2oc(=O)n(CC(=O)N[C@@H](c3cccs3)C(C)C)c2c1. The van der Waals surface area contributed by atoms with Crippen molar-refractivity contribution in [2.24, 2.45) is 5.92 Å². The average molecular weight is 344 g/mol. The van der Waals surface area contributed by atoms with Crippen molar-refractivity contribution in [1.29, 1.82) is 0 Å². The summed E-state index contributed by atoms with van der Waals surface area (Å²) in [6, 6.07) is 9.40. The number of hydrogen-bond acceptors (Lipinski definition) is 4. The molecule has 0 radical (unpaired) electrons. The molecule has 5 nitrogen and oxygen atoms in total. The van der Waals surface area contributed by atoms with Gasteiger partial charge in [0, 0.05) is 4.88 Å². The molecule has 3 aromatic rings. The number of amides is 1. The number of nitrogens with zero attached hydrogens (tertiary/aromatic N) is 1. The van der Waals surface area contributed by atoms with Crippen LogP contribution in [0.5, 0.6) is 0 Å². The van der Waals surface area contributed by atoms with Crippen LogP contribution in [-0.4, -0.2) is 10.5 Å². The van der Waals surface area contributed by atoms with Gasteiger partial charge in [-0.05, 0) is 42.0 Å². The summed E-state index contributed by atoms with van der Waals surface area (Å²) in [5.41, 5.74) is 2.15. The number of oxazole rings is 1. The van der Waals surface area contributed by atoms with Crippen LogP contribution in [0.15, 0.2) is 44.9 Å². The standard InChI is InChI=1S/C18H20N2O3S/c1-11(2)17(15-5-4-8-24-15)19-16(21)10-20-13-9-12(3)6-7-14(13)23-18(20)22/h4-9,11,17H,10H2,1-3H3,(H,19,21)/t17-/m1/s1. The third-order valence-electron chi connectivity index (χ3n) is 3.96. The van der Waals surface area contributed by atoms with Gasteiger partial charge in [0.1, 0.15) is 6.54 Å². The molecule has 2 heterocycles. The molecule has 2 aromatic heterocycles. The van der Waals surface area contributed by atoms with Gasteiger partial charge in [-0.1, -0.05) is 26.0 Å². The quantitative estimate of drug-likeness (QED) is 0.771. The number of fused-ring (bicyclic) bond motifs is 1. The number of aryl methyl sites for hydroxylation is 1. The van der Waals surface area contributed by atoms with Crippen LogP contribution >= 0.6 is 11.3 Å². The Morgan fingerprint density at radius 3 is 2.79 bits per heavy atom. The molecule has 0 aliphatic rings. The molecular weight excluding hydrogens is 324 g/mol. The number of carbonyl (C=O) groups is 1. The summed E-state index contributed by atoms with van der Waals surface area (Å²) in [4.78, 5) is 25.7. The second kappa shape index (κ2) is 6.65. The second-order valence-electron chi connectivity index (χ2n) is 6.23. The number of hydrogen-bond donors (Lipinski definition) is 1. The first-order valence-electron chi connectivity index (χ1n) is 7.88. The molecule has 126 valence electrons. The number of aromatic nitrogens is 1. The second-order valence-corrected chi connectivity index (χ2v) is 7.21. The molecule has 0 fully saturated rings. The molecule has 1 aromatic carbocycles. The first kappa shape index (κ1) is 16.5. The van der Waals surface area contributed by atoms with E-state index in [-0.39, 0.29) is 24.4 Å². The van der Waals surface area contributed by atoms with Crippen LogP contribution in [0.2, 0.25) is 0 Å². The van der Waals surface area contributed by atoms with Crippen LogP contribution in [0.3, 0.4) is 0 Å². The van der Waals surface area contributed by atoms with Gasteiger partial charge >= 0.3 is 5.76 Å². The van der Waals surface area contributed by atoms with Gasteiger partial charge in [-0.25, -0.2) is 4.79 Å². The lowest BCUT2D eigenvalue weighted by molar-refractivity contribution is -0.122. The summed E-state index contributed by atoms with van der Waals surface area (Å²) in [6.45, 7) is 6.01. The molecule has 3 rings (SSSR count). The van der Waals surface area contributed by atoms with Crippen LogP contribution in [0.1, 0.15) is 30.3 Å². The van der Waals surface area contributed by atoms with Crippen molar-refractivity contribution in [3.63, 3.8) is 0 Å². The maximum atomic E-state index is 12.5. The van der Waals surface area contributed by atoms with Crippen LogP contribution in [0.4, 0.5) is 0 Å². The summed E-state index contributed by atoms with van der Waals surface area (Å²) < 4.78 is 6.59. The van der Waals surface area contributed by atoms with Gasteiger partial charge in [0.2, 0.25) is 5.91 Å². The summed E-state index contributed by atoms with van der Waals surface area (Å²) in [7, 11) is 0. The molecule has 0 saturated carbocycles. The Morgan fingerprint density at radius 1 is 1.33 bits per heavy atom. The molecule has 0 aliphatic carbocycles. The average Bonchev–Trinajstić information content (AvgIpc) is 3.14. The van der Waals surface area contributed by atoms with Crippen molar-refractivity contribution in [2.75, 3.05) is 0 Å². The van der Waals surface area contributed by atoms with Crippen LogP contribution < -0.4 is 11.1 Å². The lowest BCUT2D eigenvalue weighted by Gasteiger charge is -2.21. The van der Waals surface area contributed by atoms with Crippen molar-refractivity contribution < 1.29 is 9.21 Å². The van der Waals surface area contributed by atoms with Gasteiger partial charge < -0.3 is 9.73 Å². The minimum absolute atomic E-state index is 0.0517. The Morgan fingerprint density at radius 2 is 2.12 bits per heavy atom. The zero-order valence-corrected chi connectivity index (χ0v) is 14.7. The highest BCUT2D eigenvalue weighted by atomic mass is 32.1. The summed E-state index contributed by atoms with van der Waals surface area (Å²) >= 11 is 1.62. The zero-order chi connectivity index (χ0) is 17.3. The molecule has 6 heteroatoms. The maximum absolute atomic E-state index is 12.5. The molecule has 1 amide bonds. The number of carbonyl (C=O) groups excluding carboxylic acids is 1. The van der Waals surface area contributed by atoms with E-state index in [9.17, 15) is 9.59 Å². The third-order valence-corrected chi connectivity index (χ3v) is 4.91. The Balaban J connectivity index is 1.83. The molecule has 0 bridgehead atoms. The minimum Gasteiger partial charge on any atom is -0.408 e. The highest BCUT2D eigenvalue weighted by Crippen LogP contribution is 2.25. The fourth-order valence-corrected chi connectivity index (χ4v) is 3.67. The van der Waals surface area contributed by atoms with Gasteiger partial charge in [0.05, 0.1) is 11.6 Å². The van der Waals surface area contributed by atoms with Crippen LogP contribution in [-0.2, 0) is 11.3 Å². The molecule has 24 heavy (non-hydrogen) atoms. The molecular formula is C18H20N2O3S. The number of benzene rings is 1. The van der Waals surface area contributed by atoms with E-state index in [2.05, 4.69) is 19.2 Å². The molecule has 0 aliphatic heterocycles. The van der Waals surface area contributed by atoms with E-state index in [1.807, 2.05) is 36.6 Å². The smallest absolute Gasteiger partial charge is 0.408 e. The minimum atomic E-state index is -0.511. The van der Waals surface area contributed by atoms with Crippen molar-refractivity contribution in [2.45, 2.75) is 33.4 Å². The predicted molar refractivity (Wildman–Crippen MR) is 95.3 cm³/mol. The van der Waals surface area contributed by atoms with E-state index in [0.29, 0.717) is 11.1 Å². The summed E-state index contributed by atoms with van der Waals surface area (Å²) in [5.74, 6) is -0.455. The lowest BCUT2D eigenvalue weighted by atomic mass is 10.0. The summed E-state index contributed by atoms with van der Waals surface area (Å²) in [6.07, 6.45) is 0. The van der Waals surface area contributed by atoms with Gasteiger partial charge in [0.25, 0.3) is 0 Å². The van der Waals surface area contributed by atoms with E-state index >= 15 is 0 Å². The Bertz CT molecular complexity index is 906. The monoisotopic (exact) mass is 344 g/mol. The highest BCUT2D eigenvalue weighted by molar-refractivity contribution is 7.10. The van der Waals surface area contributed by atoms with Gasteiger partial charge in [-0.3, -0.25) is 9.36 Å². The lowest BCUT2D eigenvalue weighted by Crippen LogP contribution is -2.35. The molecule has 0 unspecified atom stereocenters. The van der Waals surface area contributed by atoms with E-state index in [0.717, 1.165) is 10.4 Å². The van der Waals surface area contributed by atoms with E-state index in [4.69, 9.17) is 4.42 Å². The maximum Gasteiger partial charge on any atom is 0.420 e. The van der Waals surface area contributed by atoms with Crippen molar-refractivity contribution in [1.82, 2.24) is 9.88 Å². The van der Waals surface area contributed by atoms with Crippen LogP contribution in [0, 0.1) is 12.8 Å². The van der Waals surface area contributed by atoms with Gasteiger partial charge in [-0.2, -0.15) is 0 Å². The third kappa shape index (κ3) is 3.28. The Kier molecular flexibility index (Phi) is 4.57. The molecule has 1 N–H and O–H groups in total. The first-order valence-corrected chi connectivity index (χ1v) is 8.76. The van der Waals surface area contributed by atoms with Crippen LogP contribution in [0.25, 0.3) is 11.1 Å². The van der Waals surface area contributed by atoms with E-state index < -0.39 is 5.76 Å². The topological polar surface area (TPSA) is 64.2 Å². The fraction of sp³-hybridized carbons (Fsp3) is 0.333. The van der Waals surface area contributed by atoms with Crippen molar-refractivity contribution >= 4 is 28.3 Å². The zero-order valence-electron chi connectivity index (χ0n) is 13.9.